The third-order valence-electron chi connectivity index (χ3n) is 6.53. The Labute approximate surface area is 157 Å². The molecule has 1 aromatic heterocycles. The van der Waals surface area contributed by atoms with Crippen LogP contribution in [0.2, 0.25) is 0 Å². The van der Waals surface area contributed by atoms with Crippen LogP contribution >= 0.6 is 0 Å². The van der Waals surface area contributed by atoms with Crippen molar-refractivity contribution in [3.8, 4) is 0 Å². The fraction of sp³-hybridized carbons (Fsp3) is 0.500. The highest BCUT2D eigenvalue weighted by molar-refractivity contribution is 5.33. The number of benzene rings is 1. The van der Waals surface area contributed by atoms with E-state index in [0.717, 1.165) is 30.6 Å². The highest BCUT2D eigenvalue weighted by atomic mass is 19.1. The van der Waals surface area contributed by atoms with E-state index in [0.29, 0.717) is 35.9 Å². The molecule has 2 spiro atoms. The van der Waals surface area contributed by atoms with Gasteiger partial charge in [-0.1, -0.05) is 17.2 Å². The molecule has 2 saturated carbocycles. The molecule has 3 atom stereocenters. The second kappa shape index (κ2) is 6.05. The van der Waals surface area contributed by atoms with Crippen LogP contribution < -0.4 is 11.1 Å². The van der Waals surface area contributed by atoms with Crippen LogP contribution in [0.25, 0.3) is 0 Å². The lowest BCUT2D eigenvalue weighted by molar-refractivity contribution is 0.170. The van der Waals surface area contributed by atoms with E-state index < -0.39 is 0 Å². The van der Waals surface area contributed by atoms with Crippen molar-refractivity contribution in [1.82, 2.24) is 15.5 Å². The first-order chi connectivity index (χ1) is 13.1. The minimum atomic E-state index is -0.219. The zero-order valence-electron chi connectivity index (χ0n) is 15.1. The van der Waals surface area contributed by atoms with Crippen LogP contribution in [0.5, 0.6) is 0 Å². The van der Waals surface area contributed by atoms with Gasteiger partial charge in [-0.2, -0.15) is 0 Å². The number of rotatable bonds is 6. The molecule has 3 aliphatic rings. The topological polar surface area (TPSA) is 86.2 Å². The number of aromatic nitrogens is 2. The van der Waals surface area contributed by atoms with E-state index >= 15 is 0 Å². The van der Waals surface area contributed by atoms with Crippen molar-refractivity contribution in [1.29, 1.82) is 0 Å². The van der Waals surface area contributed by atoms with Crippen molar-refractivity contribution in [3.05, 3.63) is 53.4 Å². The normalized spacial score (nSPS) is 31.1. The second-order valence-electron chi connectivity index (χ2n) is 8.08. The fourth-order valence-corrected chi connectivity index (χ4v) is 4.88. The smallest absolute Gasteiger partial charge is 0.312 e. The van der Waals surface area contributed by atoms with Crippen LogP contribution in [0.4, 0.5) is 10.4 Å². The van der Waals surface area contributed by atoms with Gasteiger partial charge in [0.1, 0.15) is 12.4 Å². The van der Waals surface area contributed by atoms with E-state index in [9.17, 15) is 4.39 Å². The predicted molar refractivity (Wildman–Crippen MR) is 96.6 cm³/mol. The number of ether oxygens (including phenoxy) is 1. The quantitative estimate of drug-likeness (QED) is 0.811. The maximum atomic E-state index is 13.2. The molecule has 5 rings (SSSR count). The Morgan fingerprint density at radius 1 is 1.37 bits per heavy atom. The molecule has 0 radical (unpaired) electrons. The number of allylic oxidation sites excluding steroid dienone is 2. The molecule has 0 aliphatic heterocycles. The monoisotopic (exact) mass is 370 g/mol. The number of hydrogen-bond acceptors (Lipinski definition) is 6. The Hall–Kier alpha value is -2.41. The summed E-state index contributed by atoms with van der Waals surface area (Å²) in [5, 5.41) is 11.1. The Morgan fingerprint density at radius 2 is 2.30 bits per heavy atom. The third-order valence-corrected chi connectivity index (χ3v) is 6.53. The average Bonchev–Trinajstić information content (AvgIpc) is 3.46. The molecule has 2 unspecified atom stereocenters. The summed E-state index contributed by atoms with van der Waals surface area (Å²) in [6.07, 6.45) is 7.92. The van der Waals surface area contributed by atoms with Crippen molar-refractivity contribution in [3.63, 3.8) is 0 Å². The van der Waals surface area contributed by atoms with Crippen LogP contribution in [0.15, 0.2) is 40.5 Å². The fourth-order valence-electron chi connectivity index (χ4n) is 4.88. The van der Waals surface area contributed by atoms with Gasteiger partial charge in [0.15, 0.2) is 0 Å². The largest absolute Gasteiger partial charge is 0.494 e. The molecular formula is C20H23FN4O2. The molecule has 7 heteroatoms. The predicted octanol–water partition coefficient (Wildman–Crippen LogP) is 3.31. The van der Waals surface area contributed by atoms with E-state index in [4.69, 9.17) is 14.9 Å². The molecule has 3 N–H and O–H groups in total. The van der Waals surface area contributed by atoms with Crippen LogP contribution in [0.1, 0.15) is 43.6 Å². The standard InChI is InChI=1S/C20H23FN4O2/c21-14-3-1-2-13(8-14)11-26-15-4-6-19(7-5-15)12-20(19)9-16(20)23-10-17-24-25-18(22)27-17/h1-4,8,16,23H,5-7,9-12H2,(H2,22,25)/t16-,19?,20?/m0/s1. The van der Waals surface area contributed by atoms with Gasteiger partial charge in [0.2, 0.25) is 5.89 Å². The van der Waals surface area contributed by atoms with Gasteiger partial charge in [-0.15, -0.1) is 5.10 Å². The second-order valence-corrected chi connectivity index (χ2v) is 8.08. The van der Waals surface area contributed by atoms with Gasteiger partial charge in [-0.05, 0) is 60.3 Å². The molecule has 142 valence electrons. The molecule has 1 aromatic carbocycles. The lowest BCUT2D eigenvalue weighted by Gasteiger charge is -2.23. The molecule has 2 fully saturated rings. The van der Waals surface area contributed by atoms with Crippen LogP contribution in [0, 0.1) is 16.6 Å². The van der Waals surface area contributed by atoms with Crippen LogP contribution in [-0.2, 0) is 17.9 Å². The van der Waals surface area contributed by atoms with Crippen molar-refractivity contribution >= 4 is 6.01 Å². The Kier molecular flexibility index (Phi) is 3.75. The lowest BCUT2D eigenvalue weighted by atomic mass is 9.87. The molecular weight excluding hydrogens is 347 g/mol. The SMILES string of the molecule is Nc1nnc(CN[C@H]2CC23CC32CC=C(OCc3cccc(F)c3)CC2)o1. The number of nitrogens with zero attached hydrogens (tertiary/aromatic N) is 2. The van der Waals surface area contributed by atoms with E-state index in [1.54, 1.807) is 6.07 Å². The maximum Gasteiger partial charge on any atom is 0.312 e. The zero-order valence-corrected chi connectivity index (χ0v) is 15.1. The number of hydrogen-bond donors (Lipinski definition) is 2. The molecule has 3 aliphatic carbocycles. The molecule has 1 heterocycles. The Morgan fingerprint density at radius 3 is 3.04 bits per heavy atom. The molecule has 6 nitrogen and oxygen atoms in total. The summed E-state index contributed by atoms with van der Waals surface area (Å²) in [6, 6.07) is 7.22. The van der Waals surface area contributed by atoms with Crippen molar-refractivity contribution in [2.45, 2.75) is 51.3 Å². The third kappa shape index (κ3) is 3.00. The van der Waals surface area contributed by atoms with E-state index in [1.807, 2.05) is 6.07 Å². The van der Waals surface area contributed by atoms with Gasteiger partial charge in [0, 0.05) is 12.5 Å². The number of nitrogens with one attached hydrogen (secondary N) is 1. The number of halogens is 1. The van der Waals surface area contributed by atoms with E-state index in [2.05, 4.69) is 21.6 Å². The highest BCUT2D eigenvalue weighted by Gasteiger charge is 2.78. The maximum absolute atomic E-state index is 13.2. The average molecular weight is 370 g/mol. The first-order valence-electron chi connectivity index (χ1n) is 9.46. The first-order valence-corrected chi connectivity index (χ1v) is 9.46. The first kappa shape index (κ1) is 16.7. The van der Waals surface area contributed by atoms with Crippen LogP contribution in [0.3, 0.4) is 0 Å². The van der Waals surface area contributed by atoms with Gasteiger partial charge in [0.05, 0.1) is 12.3 Å². The Balaban J connectivity index is 1.12. The van der Waals surface area contributed by atoms with E-state index in [1.165, 1.54) is 25.0 Å². The summed E-state index contributed by atoms with van der Waals surface area (Å²) in [5.74, 6) is 1.36. The molecule has 27 heavy (non-hydrogen) atoms. The summed E-state index contributed by atoms with van der Waals surface area (Å²) in [7, 11) is 0. The van der Waals surface area contributed by atoms with E-state index in [-0.39, 0.29) is 11.8 Å². The summed E-state index contributed by atoms with van der Waals surface area (Å²) in [5.41, 5.74) is 7.18. The van der Waals surface area contributed by atoms with Gasteiger partial charge < -0.3 is 20.2 Å². The number of nitrogens with two attached hydrogens (primary N) is 1. The van der Waals surface area contributed by atoms with Gasteiger partial charge >= 0.3 is 6.01 Å². The number of fused-ring (bicyclic) bond motifs is 1. The molecule has 0 saturated heterocycles. The van der Waals surface area contributed by atoms with Crippen molar-refractivity contribution < 1.29 is 13.5 Å². The Bertz CT molecular complexity index is 898. The molecule has 2 aromatic rings. The summed E-state index contributed by atoms with van der Waals surface area (Å²) < 4.78 is 24.4. The van der Waals surface area contributed by atoms with Crippen LogP contribution in [-0.4, -0.2) is 16.2 Å². The van der Waals surface area contributed by atoms with Crippen molar-refractivity contribution in [2.24, 2.45) is 10.8 Å². The summed E-state index contributed by atoms with van der Waals surface area (Å²) in [4.78, 5) is 0. The van der Waals surface area contributed by atoms with Gasteiger partial charge in [0.25, 0.3) is 0 Å². The molecule has 0 bridgehead atoms. The minimum absolute atomic E-state index is 0.114. The molecule has 0 amide bonds. The number of nitrogen functional groups attached to an aromatic ring is 1. The summed E-state index contributed by atoms with van der Waals surface area (Å²) >= 11 is 0. The van der Waals surface area contributed by atoms with Gasteiger partial charge in [-0.25, -0.2) is 4.39 Å². The zero-order chi connectivity index (χ0) is 18.5. The number of anilines is 1. The minimum Gasteiger partial charge on any atom is -0.494 e. The van der Waals surface area contributed by atoms with Crippen molar-refractivity contribution in [2.75, 3.05) is 5.73 Å². The lowest BCUT2D eigenvalue weighted by Crippen LogP contribution is -2.21. The van der Waals surface area contributed by atoms with Gasteiger partial charge in [-0.3, -0.25) is 0 Å². The highest BCUT2D eigenvalue weighted by Crippen LogP contribution is 2.82. The summed E-state index contributed by atoms with van der Waals surface area (Å²) in [6.45, 7) is 1.00.